The van der Waals surface area contributed by atoms with E-state index < -0.39 is 55.6 Å². The van der Waals surface area contributed by atoms with Gasteiger partial charge in [0.25, 0.3) is 0 Å². The molecule has 0 radical (unpaired) electrons. The van der Waals surface area contributed by atoms with Gasteiger partial charge in [0.2, 0.25) is 0 Å². The van der Waals surface area contributed by atoms with Crippen LogP contribution in [-0.2, 0) is 18.9 Å². The topological polar surface area (TPSA) is 138 Å². The summed E-state index contributed by atoms with van der Waals surface area (Å²) in [4.78, 5) is 0. The van der Waals surface area contributed by atoms with Crippen LogP contribution in [0.2, 0.25) is 0 Å². The molecule has 25 heavy (non-hydrogen) atoms. The van der Waals surface area contributed by atoms with Crippen molar-refractivity contribution in [2.45, 2.75) is 75.4 Å². The zero-order valence-corrected chi connectivity index (χ0v) is 14.8. The molecule has 0 aliphatic carbocycles. The average molecular weight is 366 g/mol. The van der Waals surface area contributed by atoms with Crippen molar-refractivity contribution in [1.82, 2.24) is 0 Å². The molecule has 148 valence electrons. The molecule has 0 aromatic rings. The highest BCUT2D eigenvalue weighted by atomic mass is 16.7. The molecule has 0 amide bonds. The summed E-state index contributed by atoms with van der Waals surface area (Å²) in [5.41, 5.74) is 0. The monoisotopic (exact) mass is 366 g/mol. The smallest absolute Gasteiger partial charge is 0.186 e. The maximum absolute atomic E-state index is 10.4. The third-order valence-electron chi connectivity index (χ3n) is 5.05. The van der Waals surface area contributed by atoms with E-state index in [4.69, 9.17) is 18.9 Å². The summed E-state index contributed by atoms with van der Waals surface area (Å²) >= 11 is 0. The Morgan fingerprint density at radius 3 is 2.12 bits per heavy atom. The number of ether oxygens (including phenoxy) is 4. The van der Waals surface area contributed by atoms with Crippen molar-refractivity contribution >= 4 is 0 Å². The van der Waals surface area contributed by atoms with Gasteiger partial charge >= 0.3 is 0 Å². The molecule has 2 saturated heterocycles. The highest BCUT2D eigenvalue weighted by Gasteiger charge is 2.49. The van der Waals surface area contributed by atoms with E-state index in [0.29, 0.717) is 6.42 Å². The molecular formula is C16H30O9. The summed E-state index contributed by atoms with van der Waals surface area (Å²) in [7, 11) is 1.43. The fraction of sp³-hybridized carbons (Fsp3) is 1.00. The predicted molar refractivity (Wildman–Crippen MR) is 84.6 cm³/mol. The van der Waals surface area contributed by atoms with Crippen LogP contribution in [0, 0.1) is 5.92 Å². The summed E-state index contributed by atoms with van der Waals surface area (Å²) in [6.07, 6.45) is -8.86. The second-order valence-electron chi connectivity index (χ2n) is 6.72. The predicted octanol–water partition coefficient (Wildman–Crippen LogP) is -2.01. The van der Waals surface area contributed by atoms with Crippen LogP contribution in [0.5, 0.6) is 0 Å². The summed E-state index contributed by atoms with van der Waals surface area (Å²) in [5.74, 6) is -0.280. The second kappa shape index (κ2) is 9.03. The Labute approximate surface area is 147 Å². The van der Waals surface area contributed by atoms with Crippen molar-refractivity contribution in [2.24, 2.45) is 5.92 Å². The van der Waals surface area contributed by atoms with Crippen LogP contribution in [0.25, 0.3) is 0 Å². The normalized spacial score (nSPS) is 48.5. The van der Waals surface area contributed by atoms with E-state index in [1.54, 1.807) is 6.92 Å². The van der Waals surface area contributed by atoms with E-state index in [9.17, 15) is 25.5 Å². The molecule has 2 aliphatic heterocycles. The first-order valence-electron chi connectivity index (χ1n) is 8.64. The van der Waals surface area contributed by atoms with Crippen molar-refractivity contribution in [3.05, 3.63) is 0 Å². The summed E-state index contributed by atoms with van der Waals surface area (Å²) in [5, 5.41) is 50.5. The van der Waals surface area contributed by atoms with Crippen molar-refractivity contribution < 1.29 is 44.5 Å². The lowest BCUT2D eigenvalue weighted by atomic mass is 9.89. The third kappa shape index (κ3) is 4.32. The molecule has 10 atom stereocenters. The van der Waals surface area contributed by atoms with Crippen molar-refractivity contribution in [1.29, 1.82) is 0 Å². The van der Waals surface area contributed by atoms with Crippen molar-refractivity contribution in [2.75, 3.05) is 20.3 Å². The number of aliphatic hydroxyl groups is 5. The molecule has 9 heteroatoms. The maximum atomic E-state index is 10.4. The first-order valence-corrected chi connectivity index (χ1v) is 8.64. The fourth-order valence-electron chi connectivity index (χ4n) is 3.44. The Kier molecular flexibility index (Phi) is 7.56. The Morgan fingerprint density at radius 1 is 0.880 bits per heavy atom. The summed E-state index contributed by atoms with van der Waals surface area (Å²) in [6, 6.07) is 0. The molecule has 0 saturated carbocycles. The molecule has 2 fully saturated rings. The van der Waals surface area contributed by atoms with Crippen LogP contribution in [-0.4, -0.2) is 101 Å². The van der Waals surface area contributed by atoms with Gasteiger partial charge in [-0.05, 0) is 6.42 Å². The second-order valence-corrected chi connectivity index (χ2v) is 6.72. The van der Waals surface area contributed by atoms with Crippen LogP contribution in [0.3, 0.4) is 0 Å². The lowest BCUT2D eigenvalue weighted by molar-refractivity contribution is -0.334. The number of hydrogen-bond donors (Lipinski definition) is 5. The maximum Gasteiger partial charge on any atom is 0.186 e. The summed E-state index contributed by atoms with van der Waals surface area (Å²) < 4.78 is 21.8. The first-order chi connectivity index (χ1) is 11.8. The van der Waals surface area contributed by atoms with E-state index in [-0.39, 0.29) is 18.6 Å². The highest BCUT2D eigenvalue weighted by molar-refractivity contribution is 4.95. The van der Waals surface area contributed by atoms with Crippen molar-refractivity contribution in [3.63, 3.8) is 0 Å². The Bertz CT molecular complexity index is 405. The molecule has 2 rings (SSSR count). The van der Waals surface area contributed by atoms with Gasteiger partial charge in [0, 0.05) is 13.0 Å². The minimum Gasteiger partial charge on any atom is -0.394 e. The Hall–Kier alpha value is -0.360. The molecule has 0 bridgehead atoms. The van der Waals surface area contributed by atoms with Gasteiger partial charge in [-0.1, -0.05) is 13.8 Å². The minimum atomic E-state index is -1.38. The van der Waals surface area contributed by atoms with Crippen LogP contribution in [0.1, 0.15) is 20.3 Å². The number of hydrogen-bond acceptors (Lipinski definition) is 9. The zero-order chi connectivity index (χ0) is 18.7. The van der Waals surface area contributed by atoms with E-state index in [1.807, 2.05) is 6.92 Å². The van der Waals surface area contributed by atoms with Gasteiger partial charge in [0.15, 0.2) is 6.29 Å². The van der Waals surface area contributed by atoms with Gasteiger partial charge < -0.3 is 44.5 Å². The SMILES string of the molecule is CCC1OC(OC2C(CO)OC(COC)C(O)C2O)C(O)C(O)C1C. The molecule has 0 spiro atoms. The highest BCUT2D eigenvalue weighted by Crippen LogP contribution is 2.32. The Morgan fingerprint density at radius 2 is 1.56 bits per heavy atom. The van der Waals surface area contributed by atoms with Gasteiger partial charge in [-0.2, -0.15) is 0 Å². The van der Waals surface area contributed by atoms with E-state index in [0.717, 1.165) is 0 Å². The van der Waals surface area contributed by atoms with Gasteiger partial charge in [0.1, 0.15) is 36.6 Å². The summed E-state index contributed by atoms with van der Waals surface area (Å²) in [6.45, 7) is 3.23. The molecule has 2 aliphatic rings. The van der Waals surface area contributed by atoms with Crippen LogP contribution >= 0.6 is 0 Å². The molecule has 5 N–H and O–H groups in total. The van der Waals surface area contributed by atoms with Crippen LogP contribution in [0.4, 0.5) is 0 Å². The molecule has 9 nitrogen and oxygen atoms in total. The average Bonchev–Trinajstić information content (AvgIpc) is 2.61. The number of rotatable bonds is 6. The molecule has 2 heterocycles. The quantitative estimate of drug-likeness (QED) is 0.361. The van der Waals surface area contributed by atoms with Gasteiger partial charge in [-0.25, -0.2) is 0 Å². The van der Waals surface area contributed by atoms with Crippen LogP contribution in [0.15, 0.2) is 0 Å². The van der Waals surface area contributed by atoms with Gasteiger partial charge in [0.05, 0.1) is 25.4 Å². The van der Waals surface area contributed by atoms with Gasteiger partial charge in [-0.15, -0.1) is 0 Å². The van der Waals surface area contributed by atoms with Crippen LogP contribution < -0.4 is 0 Å². The Balaban J connectivity index is 2.11. The van der Waals surface area contributed by atoms with Gasteiger partial charge in [-0.3, -0.25) is 0 Å². The van der Waals surface area contributed by atoms with Crippen molar-refractivity contribution in [3.8, 4) is 0 Å². The fourth-order valence-corrected chi connectivity index (χ4v) is 3.44. The zero-order valence-electron chi connectivity index (χ0n) is 14.8. The first kappa shape index (κ1) is 20.9. The third-order valence-corrected chi connectivity index (χ3v) is 5.05. The lowest BCUT2D eigenvalue weighted by Crippen LogP contribution is -2.63. The molecule has 10 unspecified atom stereocenters. The minimum absolute atomic E-state index is 0.0398. The lowest BCUT2D eigenvalue weighted by Gasteiger charge is -2.46. The number of aliphatic hydroxyl groups excluding tert-OH is 5. The molecule has 0 aromatic heterocycles. The van der Waals surface area contributed by atoms with E-state index in [1.165, 1.54) is 7.11 Å². The standard InChI is InChI=1S/C16H30O9/c1-4-8-7(2)11(18)14(21)16(24-8)25-15-9(5-17)23-10(6-22-3)12(19)13(15)20/h7-21H,4-6H2,1-3H3. The van der Waals surface area contributed by atoms with E-state index in [2.05, 4.69) is 0 Å². The number of methoxy groups -OCH3 is 1. The molecular weight excluding hydrogens is 336 g/mol. The molecule has 0 aromatic carbocycles. The largest absolute Gasteiger partial charge is 0.394 e. The van der Waals surface area contributed by atoms with E-state index >= 15 is 0 Å².